The van der Waals surface area contributed by atoms with E-state index in [1.165, 1.54) is 7.11 Å². The van der Waals surface area contributed by atoms with Gasteiger partial charge in [-0.2, -0.15) is 0 Å². The Morgan fingerprint density at radius 3 is 2.22 bits per heavy atom. The van der Waals surface area contributed by atoms with Crippen LogP contribution < -0.4 is 11.1 Å². The summed E-state index contributed by atoms with van der Waals surface area (Å²) in [6.45, 7) is 3.86. The van der Waals surface area contributed by atoms with Crippen LogP contribution in [0.1, 0.15) is 39.5 Å². The zero-order chi connectivity index (χ0) is 13.7. The summed E-state index contributed by atoms with van der Waals surface area (Å²) in [7, 11) is 1.41. The van der Waals surface area contributed by atoms with Crippen LogP contribution >= 0.6 is 0 Å². The lowest BCUT2D eigenvalue weighted by molar-refractivity contribution is -0.146. The van der Waals surface area contributed by atoms with Crippen molar-refractivity contribution < 1.29 is 14.3 Å². The minimum atomic E-state index is -0.455. The summed E-state index contributed by atoms with van der Waals surface area (Å²) in [4.78, 5) is 23.2. The van der Waals surface area contributed by atoms with Crippen LogP contribution in [-0.2, 0) is 14.3 Å². The van der Waals surface area contributed by atoms with Gasteiger partial charge in [0.15, 0.2) is 0 Å². The molecule has 0 heterocycles. The molecule has 0 bridgehead atoms. The molecular formula is C13H24N2O3. The van der Waals surface area contributed by atoms with E-state index in [0.717, 1.165) is 25.7 Å². The summed E-state index contributed by atoms with van der Waals surface area (Å²) in [6.07, 6.45) is 3.18. The van der Waals surface area contributed by atoms with E-state index in [-0.39, 0.29) is 29.8 Å². The highest BCUT2D eigenvalue weighted by molar-refractivity contribution is 5.82. The van der Waals surface area contributed by atoms with E-state index in [2.05, 4.69) is 5.32 Å². The summed E-state index contributed by atoms with van der Waals surface area (Å²) < 4.78 is 4.73. The summed E-state index contributed by atoms with van der Waals surface area (Å²) in [5.41, 5.74) is 5.79. The van der Waals surface area contributed by atoms with Crippen LogP contribution in [0.25, 0.3) is 0 Å². The number of hydrogen-bond acceptors (Lipinski definition) is 4. The number of carbonyl (C=O) groups excluding carboxylic acids is 2. The molecular weight excluding hydrogens is 232 g/mol. The Balaban J connectivity index is 2.36. The Morgan fingerprint density at radius 2 is 1.78 bits per heavy atom. The molecule has 104 valence electrons. The average Bonchev–Trinajstić information content (AvgIpc) is 2.37. The van der Waals surface area contributed by atoms with Gasteiger partial charge in [0.05, 0.1) is 19.1 Å². The van der Waals surface area contributed by atoms with Crippen molar-refractivity contribution in [1.29, 1.82) is 0 Å². The highest BCUT2D eigenvalue weighted by Gasteiger charge is 2.28. The predicted octanol–water partition coefficient (Wildman–Crippen LogP) is 0.818. The van der Waals surface area contributed by atoms with E-state index in [4.69, 9.17) is 10.5 Å². The van der Waals surface area contributed by atoms with Gasteiger partial charge in [0.2, 0.25) is 5.91 Å². The normalized spacial score (nSPS) is 25.6. The fraction of sp³-hybridized carbons (Fsp3) is 0.846. The Morgan fingerprint density at radius 1 is 1.22 bits per heavy atom. The lowest BCUT2D eigenvalue weighted by Crippen LogP contribution is -2.48. The minimum Gasteiger partial charge on any atom is -0.469 e. The Bertz CT molecular complexity index is 297. The molecule has 18 heavy (non-hydrogen) atoms. The number of esters is 1. The summed E-state index contributed by atoms with van der Waals surface area (Å²) >= 11 is 0. The molecule has 1 atom stereocenters. The first kappa shape index (κ1) is 15.0. The molecule has 5 heteroatoms. The molecule has 1 amide bonds. The molecule has 0 aromatic rings. The van der Waals surface area contributed by atoms with Gasteiger partial charge in [-0.1, -0.05) is 13.8 Å². The third kappa shape index (κ3) is 3.98. The van der Waals surface area contributed by atoms with E-state index in [1.54, 1.807) is 0 Å². The number of nitrogens with one attached hydrogen (secondary N) is 1. The van der Waals surface area contributed by atoms with Gasteiger partial charge in [0, 0.05) is 6.04 Å². The zero-order valence-corrected chi connectivity index (χ0v) is 11.4. The number of hydrogen-bond donors (Lipinski definition) is 2. The van der Waals surface area contributed by atoms with Gasteiger partial charge in [0.25, 0.3) is 0 Å². The van der Waals surface area contributed by atoms with Crippen molar-refractivity contribution in [1.82, 2.24) is 5.32 Å². The molecule has 1 rings (SSSR count). The molecule has 1 fully saturated rings. The summed E-state index contributed by atoms with van der Waals surface area (Å²) in [6, 6.07) is -0.313. The van der Waals surface area contributed by atoms with Crippen LogP contribution in [-0.4, -0.2) is 31.1 Å². The molecule has 0 spiro atoms. The molecule has 5 nitrogen and oxygen atoms in total. The van der Waals surface area contributed by atoms with Crippen LogP contribution in [0.3, 0.4) is 0 Å². The number of carbonyl (C=O) groups is 2. The maximum Gasteiger partial charge on any atom is 0.308 e. The molecule has 1 aliphatic rings. The van der Waals surface area contributed by atoms with Crippen LogP contribution in [0.15, 0.2) is 0 Å². The van der Waals surface area contributed by atoms with Gasteiger partial charge in [-0.05, 0) is 31.6 Å². The summed E-state index contributed by atoms with van der Waals surface area (Å²) in [5, 5.41) is 2.96. The second kappa shape index (κ2) is 6.73. The van der Waals surface area contributed by atoms with E-state index in [9.17, 15) is 9.59 Å². The van der Waals surface area contributed by atoms with Gasteiger partial charge in [-0.25, -0.2) is 0 Å². The summed E-state index contributed by atoms with van der Waals surface area (Å²) in [5.74, 6) is -0.108. The fourth-order valence-electron chi connectivity index (χ4n) is 2.24. The second-order valence-corrected chi connectivity index (χ2v) is 5.35. The number of nitrogens with two attached hydrogens (primary N) is 1. The van der Waals surface area contributed by atoms with Crippen molar-refractivity contribution in [2.45, 2.75) is 51.6 Å². The van der Waals surface area contributed by atoms with E-state index in [1.807, 2.05) is 13.8 Å². The van der Waals surface area contributed by atoms with Gasteiger partial charge in [-0.15, -0.1) is 0 Å². The largest absolute Gasteiger partial charge is 0.469 e. The number of amides is 1. The van der Waals surface area contributed by atoms with Crippen molar-refractivity contribution in [3.05, 3.63) is 0 Å². The topological polar surface area (TPSA) is 81.4 Å². The monoisotopic (exact) mass is 256 g/mol. The SMILES string of the molecule is COC(=O)C1CCC(NC(=O)C(N)C(C)C)CC1. The molecule has 1 aliphatic carbocycles. The quantitative estimate of drug-likeness (QED) is 0.730. The lowest BCUT2D eigenvalue weighted by Gasteiger charge is -2.29. The van der Waals surface area contributed by atoms with Crippen molar-refractivity contribution in [3.8, 4) is 0 Å². The molecule has 0 saturated heterocycles. The molecule has 1 saturated carbocycles. The van der Waals surface area contributed by atoms with Gasteiger partial charge in [-0.3, -0.25) is 9.59 Å². The minimum absolute atomic E-state index is 0.0121. The Labute approximate surface area is 108 Å². The van der Waals surface area contributed by atoms with Gasteiger partial charge in [0.1, 0.15) is 0 Å². The Hall–Kier alpha value is -1.10. The molecule has 0 aliphatic heterocycles. The molecule has 0 aromatic carbocycles. The Kier molecular flexibility index (Phi) is 5.59. The van der Waals surface area contributed by atoms with Crippen molar-refractivity contribution in [3.63, 3.8) is 0 Å². The van der Waals surface area contributed by atoms with E-state index < -0.39 is 6.04 Å². The third-order valence-electron chi connectivity index (χ3n) is 3.63. The van der Waals surface area contributed by atoms with Crippen molar-refractivity contribution in [2.24, 2.45) is 17.6 Å². The van der Waals surface area contributed by atoms with Crippen LogP contribution in [0.5, 0.6) is 0 Å². The van der Waals surface area contributed by atoms with Gasteiger partial charge >= 0.3 is 5.97 Å². The predicted molar refractivity (Wildman–Crippen MR) is 68.7 cm³/mol. The average molecular weight is 256 g/mol. The number of methoxy groups -OCH3 is 1. The maximum atomic E-state index is 11.8. The van der Waals surface area contributed by atoms with Crippen LogP contribution in [0.4, 0.5) is 0 Å². The first-order valence-electron chi connectivity index (χ1n) is 6.59. The highest BCUT2D eigenvalue weighted by atomic mass is 16.5. The molecule has 3 N–H and O–H groups in total. The standard InChI is InChI=1S/C13H24N2O3/c1-8(2)11(14)12(16)15-10-6-4-9(5-7-10)13(17)18-3/h8-11H,4-7,14H2,1-3H3,(H,15,16). The number of ether oxygens (including phenoxy) is 1. The van der Waals surface area contributed by atoms with E-state index in [0.29, 0.717) is 0 Å². The highest BCUT2D eigenvalue weighted by Crippen LogP contribution is 2.25. The van der Waals surface area contributed by atoms with Crippen molar-refractivity contribution >= 4 is 11.9 Å². The van der Waals surface area contributed by atoms with E-state index >= 15 is 0 Å². The van der Waals surface area contributed by atoms with Crippen molar-refractivity contribution in [2.75, 3.05) is 7.11 Å². The zero-order valence-electron chi connectivity index (χ0n) is 11.4. The second-order valence-electron chi connectivity index (χ2n) is 5.35. The lowest BCUT2D eigenvalue weighted by atomic mass is 9.86. The molecule has 0 aromatic heterocycles. The third-order valence-corrected chi connectivity index (χ3v) is 3.63. The van der Waals surface area contributed by atoms with Crippen LogP contribution in [0.2, 0.25) is 0 Å². The van der Waals surface area contributed by atoms with Crippen LogP contribution in [0, 0.1) is 11.8 Å². The first-order chi connectivity index (χ1) is 8.45. The fourth-order valence-corrected chi connectivity index (χ4v) is 2.24. The maximum absolute atomic E-state index is 11.8. The molecule has 0 radical (unpaired) electrons. The first-order valence-corrected chi connectivity index (χ1v) is 6.59. The molecule has 1 unspecified atom stereocenters. The number of rotatable bonds is 4. The smallest absolute Gasteiger partial charge is 0.308 e. The van der Waals surface area contributed by atoms with Gasteiger partial charge < -0.3 is 15.8 Å².